The molecule has 2 rings (SSSR count). The van der Waals surface area contributed by atoms with Crippen LogP contribution in [0.1, 0.15) is 30.5 Å². The fraction of sp³-hybridized carbons (Fsp3) is 0.364. The standard InChI is InChI=1S/C22H29FN4O.HI/c1-3-18-7-5-6-8-19(18)16-27-22(24-4-2)26-14-13-25-21(28)15-17-9-11-20(23)12-10-17;/h5-12H,3-4,13-16H2,1-2H3,(H,25,28)(H2,24,26,27);1H. The molecule has 0 aromatic heterocycles. The van der Waals surface area contributed by atoms with Crippen molar-refractivity contribution in [3.8, 4) is 0 Å². The molecule has 2 aromatic carbocycles. The highest BCUT2D eigenvalue weighted by atomic mass is 127. The summed E-state index contributed by atoms with van der Waals surface area (Å²) in [4.78, 5) is 16.6. The van der Waals surface area contributed by atoms with Gasteiger partial charge in [0.2, 0.25) is 5.91 Å². The third-order valence-electron chi connectivity index (χ3n) is 4.27. The minimum Gasteiger partial charge on any atom is -0.357 e. The van der Waals surface area contributed by atoms with Crippen molar-refractivity contribution in [2.45, 2.75) is 33.2 Å². The third-order valence-corrected chi connectivity index (χ3v) is 4.27. The predicted octanol–water partition coefficient (Wildman–Crippen LogP) is 3.42. The van der Waals surface area contributed by atoms with Crippen LogP contribution in [0.2, 0.25) is 0 Å². The number of nitrogens with zero attached hydrogens (tertiary/aromatic N) is 1. The number of amides is 1. The second-order valence-electron chi connectivity index (χ2n) is 6.40. The van der Waals surface area contributed by atoms with Crippen molar-refractivity contribution in [3.63, 3.8) is 0 Å². The van der Waals surface area contributed by atoms with Gasteiger partial charge in [-0.05, 0) is 42.2 Å². The summed E-state index contributed by atoms with van der Waals surface area (Å²) >= 11 is 0. The molecule has 0 bridgehead atoms. The SMILES string of the molecule is CCNC(=NCc1ccccc1CC)NCCNC(=O)Cc1ccc(F)cc1.I. The van der Waals surface area contributed by atoms with Gasteiger partial charge in [-0.25, -0.2) is 9.38 Å². The zero-order valence-electron chi connectivity index (χ0n) is 17.0. The minimum atomic E-state index is -0.301. The first-order valence-electron chi connectivity index (χ1n) is 9.72. The number of hydrogen-bond acceptors (Lipinski definition) is 2. The van der Waals surface area contributed by atoms with Crippen LogP contribution in [0.15, 0.2) is 53.5 Å². The molecule has 0 aliphatic carbocycles. The van der Waals surface area contributed by atoms with Gasteiger partial charge in [0.25, 0.3) is 0 Å². The molecule has 0 aliphatic rings. The maximum absolute atomic E-state index is 12.9. The summed E-state index contributed by atoms with van der Waals surface area (Å²) in [7, 11) is 0. The van der Waals surface area contributed by atoms with Gasteiger partial charge in [-0.15, -0.1) is 24.0 Å². The Morgan fingerprint density at radius 1 is 0.931 bits per heavy atom. The molecule has 0 spiro atoms. The maximum atomic E-state index is 12.9. The maximum Gasteiger partial charge on any atom is 0.224 e. The van der Waals surface area contributed by atoms with Crippen LogP contribution < -0.4 is 16.0 Å². The number of benzene rings is 2. The summed E-state index contributed by atoms with van der Waals surface area (Å²) in [6, 6.07) is 14.3. The lowest BCUT2D eigenvalue weighted by Gasteiger charge is -2.12. The Morgan fingerprint density at radius 2 is 1.59 bits per heavy atom. The predicted molar refractivity (Wildman–Crippen MR) is 127 cm³/mol. The lowest BCUT2D eigenvalue weighted by atomic mass is 10.1. The van der Waals surface area contributed by atoms with Crippen molar-refractivity contribution in [1.82, 2.24) is 16.0 Å². The van der Waals surface area contributed by atoms with Gasteiger partial charge in [-0.1, -0.05) is 43.3 Å². The summed E-state index contributed by atoms with van der Waals surface area (Å²) in [5, 5.41) is 9.30. The van der Waals surface area contributed by atoms with Crippen molar-refractivity contribution in [2.24, 2.45) is 4.99 Å². The van der Waals surface area contributed by atoms with Crippen molar-refractivity contribution in [2.75, 3.05) is 19.6 Å². The molecule has 2 aromatic rings. The van der Waals surface area contributed by atoms with Crippen molar-refractivity contribution in [3.05, 3.63) is 71.0 Å². The molecule has 7 heteroatoms. The molecule has 3 N–H and O–H groups in total. The fourth-order valence-corrected chi connectivity index (χ4v) is 2.80. The molecular formula is C22H30FIN4O. The van der Waals surface area contributed by atoms with Gasteiger partial charge in [0.05, 0.1) is 13.0 Å². The fourth-order valence-electron chi connectivity index (χ4n) is 2.80. The first kappa shape index (κ1) is 24.9. The summed E-state index contributed by atoms with van der Waals surface area (Å²) < 4.78 is 12.9. The number of hydrogen-bond donors (Lipinski definition) is 3. The van der Waals surface area contributed by atoms with E-state index in [1.807, 2.05) is 19.1 Å². The van der Waals surface area contributed by atoms with Crippen molar-refractivity contribution in [1.29, 1.82) is 0 Å². The molecule has 0 radical (unpaired) electrons. The van der Waals surface area contributed by atoms with Crippen LogP contribution in [0.5, 0.6) is 0 Å². The quantitative estimate of drug-likeness (QED) is 0.209. The lowest BCUT2D eigenvalue weighted by Crippen LogP contribution is -2.41. The molecule has 29 heavy (non-hydrogen) atoms. The first-order chi connectivity index (χ1) is 13.6. The van der Waals surface area contributed by atoms with Crippen LogP contribution in [0, 0.1) is 5.82 Å². The van der Waals surface area contributed by atoms with Gasteiger partial charge in [-0.3, -0.25) is 4.79 Å². The molecule has 0 fully saturated rings. The first-order valence-corrected chi connectivity index (χ1v) is 9.72. The summed E-state index contributed by atoms with van der Waals surface area (Å²) in [5.41, 5.74) is 3.31. The zero-order valence-corrected chi connectivity index (χ0v) is 19.3. The highest BCUT2D eigenvalue weighted by molar-refractivity contribution is 14.0. The zero-order chi connectivity index (χ0) is 20.2. The van der Waals surface area contributed by atoms with E-state index in [9.17, 15) is 9.18 Å². The summed E-state index contributed by atoms with van der Waals surface area (Å²) in [6.07, 6.45) is 1.22. The van der Waals surface area contributed by atoms with Crippen LogP contribution in [0.4, 0.5) is 4.39 Å². The van der Waals surface area contributed by atoms with Crippen molar-refractivity contribution >= 4 is 35.8 Å². The van der Waals surface area contributed by atoms with Crippen LogP contribution in [-0.4, -0.2) is 31.5 Å². The summed E-state index contributed by atoms with van der Waals surface area (Å²) in [6.45, 7) is 6.57. The number of aryl methyl sites for hydroxylation is 1. The second-order valence-corrected chi connectivity index (χ2v) is 6.40. The van der Waals surface area contributed by atoms with E-state index in [2.05, 4.69) is 40.0 Å². The molecule has 0 saturated heterocycles. The van der Waals surface area contributed by atoms with Gasteiger partial charge < -0.3 is 16.0 Å². The number of guanidine groups is 1. The number of halogens is 2. The normalized spacial score (nSPS) is 10.8. The highest BCUT2D eigenvalue weighted by Crippen LogP contribution is 2.10. The van der Waals surface area contributed by atoms with E-state index in [-0.39, 0.29) is 42.1 Å². The van der Waals surface area contributed by atoms with Gasteiger partial charge in [0, 0.05) is 19.6 Å². The lowest BCUT2D eigenvalue weighted by molar-refractivity contribution is -0.120. The minimum absolute atomic E-state index is 0. The molecular weight excluding hydrogens is 482 g/mol. The summed E-state index contributed by atoms with van der Waals surface area (Å²) in [5.74, 6) is 0.332. The Hall–Kier alpha value is -2.16. The number of carbonyl (C=O) groups is 1. The van der Waals surface area contributed by atoms with Gasteiger partial charge in [-0.2, -0.15) is 0 Å². The monoisotopic (exact) mass is 512 g/mol. The Balaban J connectivity index is 0.00000420. The molecule has 0 heterocycles. The number of carbonyl (C=O) groups excluding carboxylic acids is 1. The second kappa shape index (κ2) is 13.9. The van der Waals surface area contributed by atoms with Crippen molar-refractivity contribution < 1.29 is 9.18 Å². The molecule has 0 unspecified atom stereocenters. The van der Waals surface area contributed by atoms with Crippen LogP contribution in [0.25, 0.3) is 0 Å². The molecule has 0 saturated carbocycles. The Bertz CT molecular complexity index is 781. The van der Waals surface area contributed by atoms with Crippen LogP contribution in [0.3, 0.4) is 0 Å². The van der Waals surface area contributed by atoms with Crippen LogP contribution >= 0.6 is 24.0 Å². The average Bonchev–Trinajstić information content (AvgIpc) is 2.71. The molecule has 0 atom stereocenters. The third kappa shape index (κ3) is 9.25. The van der Waals surface area contributed by atoms with Gasteiger partial charge in [0.1, 0.15) is 5.82 Å². The van der Waals surface area contributed by atoms with Crippen LogP contribution in [-0.2, 0) is 24.2 Å². The number of nitrogens with one attached hydrogen (secondary N) is 3. The van der Waals surface area contributed by atoms with E-state index in [0.717, 1.165) is 24.5 Å². The Morgan fingerprint density at radius 3 is 2.24 bits per heavy atom. The van der Waals surface area contributed by atoms with E-state index in [1.165, 1.54) is 23.3 Å². The highest BCUT2D eigenvalue weighted by Gasteiger charge is 2.04. The van der Waals surface area contributed by atoms with E-state index in [4.69, 9.17) is 0 Å². The molecule has 1 amide bonds. The molecule has 158 valence electrons. The van der Waals surface area contributed by atoms with E-state index in [1.54, 1.807) is 12.1 Å². The van der Waals surface area contributed by atoms with Gasteiger partial charge >= 0.3 is 0 Å². The number of rotatable bonds is 9. The van der Waals surface area contributed by atoms with Gasteiger partial charge in [0.15, 0.2) is 5.96 Å². The topological polar surface area (TPSA) is 65.5 Å². The molecule has 5 nitrogen and oxygen atoms in total. The Labute approximate surface area is 189 Å². The smallest absolute Gasteiger partial charge is 0.224 e. The van der Waals surface area contributed by atoms with E-state index < -0.39 is 0 Å². The molecule has 0 aliphatic heterocycles. The largest absolute Gasteiger partial charge is 0.357 e. The van der Waals surface area contributed by atoms with E-state index >= 15 is 0 Å². The van der Waals surface area contributed by atoms with E-state index in [0.29, 0.717) is 19.6 Å². The Kier molecular flexibility index (Phi) is 11.9. The number of aliphatic imine (C=N–C) groups is 1. The average molecular weight is 512 g/mol.